The van der Waals surface area contributed by atoms with Crippen LogP contribution >= 0.6 is 0 Å². The normalized spacial score (nSPS) is 17.5. The molecule has 0 spiro atoms. The van der Waals surface area contributed by atoms with Crippen molar-refractivity contribution in [2.24, 2.45) is 5.92 Å². The lowest BCUT2D eigenvalue weighted by atomic mass is 10.1. The van der Waals surface area contributed by atoms with Crippen molar-refractivity contribution >= 4 is 23.2 Å². The van der Waals surface area contributed by atoms with Gasteiger partial charge in [0.2, 0.25) is 11.8 Å². The molecule has 1 aliphatic rings. The fraction of sp³-hybridized carbons (Fsp3) is 0.263. The molecule has 1 N–H and O–H groups in total. The molecule has 26 heavy (non-hydrogen) atoms. The number of hydrogen-bond acceptors (Lipinski definition) is 2. The van der Waals surface area contributed by atoms with Crippen molar-refractivity contribution in [2.75, 3.05) is 16.8 Å². The number of nitrogens with zero attached hydrogens (tertiary/aromatic N) is 1. The topological polar surface area (TPSA) is 49.4 Å². The molecule has 3 rings (SSSR count). The molecule has 0 unspecified atom stereocenters. The number of benzene rings is 2. The second-order valence-electron chi connectivity index (χ2n) is 6.27. The summed E-state index contributed by atoms with van der Waals surface area (Å²) in [6.45, 7) is 2.06. The number of aryl methyl sites for hydroxylation is 1. The molecule has 0 bridgehead atoms. The fourth-order valence-corrected chi connectivity index (χ4v) is 2.93. The first-order valence-electron chi connectivity index (χ1n) is 8.10. The van der Waals surface area contributed by atoms with Crippen molar-refractivity contribution in [2.45, 2.75) is 19.5 Å². The average Bonchev–Trinajstić information content (AvgIpc) is 2.97. The SMILES string of the molecule is Cc1ccc(N2C[C@H](C(=O)Nc3ccccc3C(F)(F)F)CC2=O)cc1. The smallest absolute Gasteiger partial charge is 0.325 e. The molecule has 7 heteroatoms. The molecular weight excluding hydrogens is 345 g/mol. The Labute approximate surface area is 148 Å². The first-order valence-corrected chi connectivity index (χ1v) is 8.10. The highest BCUT2D eigenvalue weighted by Crippen LogP contribution is 2.35. The molecule has 4 nitrogen and oxygen atoms in total. The van der Waals surface area contributed by atoms with Crippen LogP contribution in [0.1, 0.15) is 17.5 Å². The lowest BCUT2D eigenvalue weighted by Crippen LogP contribution is -2.28. The monoisotopic (exact) mass is 362 g/mol. The van der Waals surface area contributed by atoms with E-state index in [1.165, 1.54) is 23.1 Å². The first-order chi connectivity index (χ1) is 12.3. The molecule has 1 saturated heterocycles. The number of rotatable bonds is 3. The Balaban J connectivity index is 1.74. The Morgan fingerprint density at radius 3 is 2.42 bits per heavy atom. The molecule has 1 aliphatic heterocycles. The van der Waals surface area contributed by atoms with E-state index >= 15 is 0 Å². The predicted octanol–water partition coefficient (Wildman–Crippen LogP) is 4.01. The summed E-state index contributed by atoms with van der Waals surface area (Å²) in [5.41, 5.74) is 0.504. The number of nitrogens with one attached hydrogen (secondary N) is 1. The molecule has 2 aromatic rings. The molecule has 2 aromatic carbocycles. The van der Waals surface area contributed by atoms with E-state index in [0.717, 1.165) is 11.6 Å². The van der Waals surface area contributed by atoms with Gasteiger partial charge in [-0.15, -0.1) is 0 Å². The zero-order chi connectivity index (χ0) is 18.9. The quantitative estimate of drug-likeness (QED) is 0.897. The van der Waals surface area contributed by atoms with E-state index in [1.54, 1.807) is 12.1 Å². The zero-order valence-corrected chi connectivity index (χ0v) is 14.0. The average molecular weight is 362 g/mol. The van der Waals surface area contributed by atoms with Gasteiger partial charge in [-0.1, -0.05) is 29.8 Å². The second kappa shape index (κ2) is 6.82. The number of alkyl halides is 3. The number of carbonyl (C=O) groups is 2. The standard InChI is InChI=1S/C19H17F3N2O2/c1-12-6-8-14(9-7-12)24-11-13(10-17(24)25)18(26)23-16-5-3-2-4-15(16)19(20,21)22/h2-9,13H,10-11H2,1H3,(H,23,26)/t13-/m1/s1. The van der Waals surface area contributed by atoms with Crippen LogP contribution in [0, 0.1) is 12.8 Å². The number of carbonyl (C=O) groups excluding carboxylic acids is 2. The van der Waals surface area contributed by atoms with Crippen LogP contribution in [-0.4, -0.2) is 18.4 Å². The molecular formula is C19H17F3N2O2. The number of hydrogen-bond donors (Lipinski definition) is 1. The van der Waals surface area contributed by atoms with Crippen molar-refractivity contribution in [1.29, 1.82) is 0 Å². The van der Waals surface area contributed by atoms with Crippen molar-refractivity contribution in [1.82, 2.24) is 0 Å². The first kappa shape index (κ1) is 18.0. The number of amides is 2. The Bertz CT molecular complexity index is 831. The van der Waals surface area contributed by atoms with Gasteiger partial charge < -0.3 is 10.2 Å². The predicted molar refractivity (Wildman–Crippen MR) is 91.7 cm³/mol. The van der Waals surface area contributed by atoms with Crippen LogP contribution in [0.15, 0.2) is 48.5 Å². The Hall–Kier alpha value is -2.83. The molecule has 0 aliphatic carbocycles. The van der Waals surface area contributed by atoms with Gasteiger partial charge in [-0.25, -0.2) is 0 Å². The van der Waals surface area contributed by atoms with Crippen LogP contribution in [0.25, 0.3) is 0 Å². The Morgan fingerprint density at radius 1 is 1.12 bits per heavy atom. The van der Waals surface area contributed by atoms with E-state index in [2.05, 4.69) is 5.32 Å². The van der Waals surface area contributed by atoms with E-state index < -0.39 is 23.6 Å². The molecule has 1 atom stereocenters. The van der Waals surface area contributed by atoms with E-state index in [4.69, 9.17) is 0 Å². The summed E-state index contributed by atoms with van der Waals surface area (Å²) >= 11 is 0. The van der Waals surface area contributed by atoms with Gasteiger partial charge in [0, 0.05) is 18.7 Å². The van der Waals surface area contributed by atoms with Gasteiger partial charge in [0.15, 0.2) is 0 Å². The summed E-state index contributed by atoms with van der Waals surface area (Å²) in [5, 5.41) is 2.32. The molecule has 0 aromatic heterocycles. The minimum absolute atomic E-state index is 0.0338. The van der Waals surface area contributed by atoms with Crippen LogP contribution in [0.4, 0.5) is 24.5 Å². The molecule has 2 amide bonds. The van der Waals surface area contributed by atoms with Crippen LogP contribution < -0.4 is 10.2 Å². The summed E-state index contributed by atoms with van der Waals surface area (Å²) in [4.78, 5) is 26.1. The van der Waals surface area contributed by atoms with Gasteiger partial charge >= 0.3 is 6.18 Å². The van der Waals surface area contributed by atoms with Gasteiger partial charge in [-0.05, 0) is 31.2 Å². The largest absolute Gasteiger partial charge is 0.418 e. The maximum atomic E-state index is 13.0. The summed E-state index contributed by atoms with van der Waals surface area (Å²) in [6, 6.07) is 12.1. The van der Waals surface area contributed by atoms with E-state index in [0.29, 0.717) is 5.69 Å². The van der Waals surface area contributed by atoms with Crippen molar-refractivity contribution in [3.05, 3.63) is 59.7 Å². The molecule has 0 saturated carbocycles. The van der Waals surface area contributed by atoms with Gasteiger partial charge in [0.25, 0.3) is 0 Å². The van der Waals surface area contributed by atoms with Gasteiger partial charge in [0.1, 0.15) is 0 Å². The Morgan fingerprint density at radius 2 is 1.77 bits per heavy atom. The van der Waals surface area contributed by atoms with Gasteiger partial charge in [-0.3, -0.25) is 9.59 Å². The summed E-state index contributed by atoms with van der Waals surface area (Å²) in [6.07, 6.45) is -4.60. The molecule has 136 valence electrons. The third kappa shape index (κ3) is 3.71. The van der Waals surface area contributed by atoms with Gasteiger partial charge in [0.05, 0.1) is 17.2 Å². The minimum atomic E-state index is -4.57. The highest BCUT2D eigenvalue weighted by molar-refractivity contribution is 6.03. The zero-order valence-electron chi connectivity index (χ0n) is 14.0. The van der Waals surface area contributed by atoms with Crippen LogP contribution in [0.5, 0.6) is 0 Å². The van der Waals surface area contributed by atoms with Crippen molar-refractivity contribution in [3.8, 4) is 0 Å². The third-order valence-electron chi connectivity index (χ3n) is 4.33. The Kier molecular flexibility index (Phi) is 4.71. The fourth-order valence-electron chi connectivity index (χ4n) is 2.93. The van der Waals surface area contributed by atoms with E-state index in [-0.39, 0.29) is 24.6 Å². The number of anilines is 2. The van der Waals surface area contributed by atoms with Crippen LogP contribution in [0.3, 0.4) is 0 Å². The summed E-state index contributed by atoms with van der Waals surface area (Å²) in [7, 11) is 0. The van der Waals surface area contributed by atoms with Crippen molar-refractivity contribution < 1.29 is 22.8 Å². The second-order valence-corrected chi connectivity index (χ2v) is 6.27. The highest BCUT2D eigenvalue weighted by atomic mass is 19.4. The summed E-state index contributed by atoms with van der Waals surface area (Å²) < 4.78 is 39.1. The van der Waals surface area contributed by atoms with E-state index in [9.17, 15) is 22.8 Å². The van der Waals surface area contributed by atoms with Gasteiger partial charge in [-0.2, -0.15) is 13.2 Å². The third-order valence-corrected chi connectivity index (χ3v) is 4.33. The lowest BCUT2D eigenvalue weighted by Gasteiger charge is -2.18. The van der Waals surface area contributed by atoms with Crippen LogP contribution in [-0.2, 0) is 15.8 Å². The van der Waals surface area contributed by atoms with Crippen molar-refractivity contribution in [3.63, 3.8) is 0 Å². The number of para-hydroxylation sites is 1. The molecule has 1 heterocycles. The van der Waals surface area contributed by atoms with Crippen LogP contribution in [0.2, 0.25) is 0 Å². The van der Waals surface area contributed by atoms with E-state index in [1.807, 2.05) is 19.1 Å². The number of halogens is 3. The summed E-state index contributed by atoms with van der Waals surface area (Å²) in [5.74, 6) is -1.52. The highest BCUT2D eigenvalue weighted by Gasteiger charge is 2.37. The minimum Gasteiger partial charge on any atom is -0.325 e. The molecule has 1 fully saturated rings. The lowest BCUT2D eigenvalue weighted by molar-refractivity contribution is -0.137. The maximum Gasteiger partial charge on any atom is 0.418 e. The maximum absolute atomic E-state index is 13.0. The molecule has 0 radical (unpaired) electrons.